The zero-order chi connectivity index (χ0) is 23.9. The van der Waals surface area contributed by atoms with E-state index in [1.165, 1.54) is 11.0 Å². The van der Waals surface area contributed by atoms with Crippen LogP contribution in [0.15, 0.2) is 47.0 Å². The quantitative estimate of drug-likeness (QED) is 0.235. The van der Waals surface area contributed by atoms with Gasteiger partial charge in [0.05, 0.1) is 36.5 Å². The van der Waals surface area contributed by atoms with E-state index in [1.807, 2.05) is 0 Å². The Bertz CT molecular complexity index is 1180. The molecule has 1 aliphatic carbocycles. The van der Waals surface area contributed by atoms with Crippen molar-refractivity contribution >= 4 is 35.1 Å². The van der Waals surface area contributed by atoms with E-state index in [9.17, 15) is 4.79 Å². The Labute approximate surface area is 195 Å². The molecule has 0 spiro atoms. The first-order chi connectivity index (χ1) is 16.5. The van der Waals surface area contributed by atoms with Gasteiger partial charge in [0.1, 0.15) is 5.82 Å². The Kier molecular flexibility index (Phi) is 7.13. The van der Waals surface area contributed by atoms with Crippen LogP contribution >= 0.6 is 0 Å². The molecule has 1 amide bonds. The number of rotatable bonds is 9. The second kappa shape index (κ2) is 10.6. The molecule has 1 aliphatic rings. The van der Waals surface area contributed by atoms with E-state index in [0.717, 1.165) is 31.9 Å². The van der Waals surface area contributed by atoms with Gasteiger partial charge in [-0.05, 0) is 31.0 Å². The summed E-state index contributed by atoms with van der Waals surface area (Å²) >= 11 is 0. The van der Waals surface area contributed by atoms with E-state index in [2.05, 4.69) is 41.0 Å². The van der Waals surface area contributed by atoms with Crippen LogP contribution in [0.3, 0.4) is 0 Å². The van der Waals surface area contributed by atoms with Gasteiger partial charge >= 0.3 is 0 Å². The average molecular weight is 463 g/mol. The highest BCUT2D eigenvalue weighted by molar-refractivity contribution is 5.96. The molecule has 4 rings (SSSR count). The molecule has 3 aromatic rings. The highest BCUT2D eigenvalue weighted by atomic mass is 16.1. The predicted octanol–water partition coefficient (Wildman–Crippen LogP) is 2.31. The van der Waals surface area contributed by atoms with Gasteiger partial charge in [-0.1, -0.05) is 12.8 Å². The molecule has 34 heavy (non-hydrogen) atoms. The lowest BCUT2D eigenvalue weighted by Gasteiger charge is -2.29. The third-order valence-electron chi connectivity index (χ3n) is 5.33. The molecule has 0 aliphatic heterocycles. The minimum absolute atomic E-state index is 0.00640. The molecule has 1 fully saturated rings. The molecular weight excluding hydrogens is 436 g/mol. The van der Waals surface area contributed by atoms with Gasteiger partial charge in [-0.2, -0.15) is 25.2 Å². The molecule has 0 saturated heterocycles. The maximum Gasteiger partial charge on any atom is 0.271 e. The van der Waals surface area contributed by atoms with Crippen LogP contribution in [0.5, 0.6) is 0 Å². The Morgan fingerprint density at radius 2 is 2.03 bits per heavy atom. The van der Waals surface area contributed by atoms with Gasteiger partial charge in [0.25, 0.3) is 5.91 Å². The normalized spacial score (nSPS) is 18.0. The average Bonchev–Trinajstić information content (AvgIpc) is 3.36. The van der Waals surface area contributed by atoms with Crippen LogP contribution in [0.4, 0.5) is 23.0 Å². The monoisotopic (exact) mass is 462 g/mol. The van der Waals surface area contributed by atoms with Gasteiger partial charge in [-0.25, -0.2) is 9.97 Å². The summed E-state index contributed by atoms with van der Waals surface area (Å²) in [5, 5.41) is 29.9. The summed E-state index contributed by atoms with van der Waals surface area (Å²) in [5.41, 5.74) is 13.4. The maximum absolute atomic E-state index is 12.0. The molecule has 1 saturated carbocycles. The first-order valence-electron chi connectivity index (χ1n) is 10.9. The van der Waals surface area contributed by atoms with Crippen molar-refractivity contribution in [2.45, 2.75) is 37.8 Å². The lowest BCUT2D eigenvalue weighted by molar-refractivity contribution is 0.0996. The Morgan fingerprint density at radius 3 is 2.76 bits per heavy atom. The summed E-state index contributed by atoms with van der Waals surface area (Å²) in [6.45, 7) is 0.154. The minimum atomic E-state index is -0.716. The second-order valence-corrected chi connectivity index (χ2v) is 7.83. The van der Waals surface area contributed by atoms with E-state index in [0.29, 0.717) is 22.9 Å². The molecule has 0 unspecified atom stereocenters. The van der Waals surface area contributed by atoms with Crippen molar-refractivity contribution in [1.29, 1.82) is 5.41 Å². The lowest BCUT2D eigenvalue weighted by Crippen LogP contribution is -2.42. The third-order valence-corrected chi connectivity index (χ3v) is 5.33. The van der Waals surface area contributed by atoms with Crippen molar-refractivity contribution in [3.8, 4) is 5.69 Å². The molecule has 176 valence electrons. The number of hydrogen-bond acceptors (Lipinski definition) is 11. The lowest BCUT2D eigenvalue weighted by atomic mass is 9.91. The molecule has 0 bridgehead atoms. The van der Waals surface area contributed by atoms with Gasteiger partial charge in [-0.3, -0.25) is 4.79 Å². The largest absolute Gasteiger partial charge is 0.364 e. The molecular formula is C21H26N12O. The summed E-state index contributed by atoms with van der Waals surface area (Å²) in [6, 6.07) is 5.31. The summed E-state index contributed by atoms with van der Waals surface area (Å²) in [6.07, 6.45) is 9.81. The molecule has 7 N–H and O–H groups in total. The first kappa shape index (κ1) is 22.9. The smallest absolute Gasteiger partial charge is 0.271 e. The van der Waals surface area contributed by atoms with Crippen LogP contribution in [0.2, 0.25) is 0 Å². The number of hydrogen-bond donors (Lipinski definition) is 5. The zero-order valence-corrected chi connectivity index (χ0v) is 18.4. The van der Waals surface area contributed by atoms with Gasteiger partial charge in [-0.15, -0.1) is 0 Å². The maximum atomic E-state index is 12.0. The fourth-order valence-corrected chi connectivity index (χ4v) is 3.74. The van der Waals surface area contributed by atoms with E-state index < -0.39 is 5.91 Å². The van der Waals surface area contributed by atoms with Crippen LogP contribution in [-0.2, 0) is 0 Å². The first-order valence-corrected chi connectivity index (χ1v) is 10.9. The molecule has 0 radical (unpaired) electrons. The summed E-state index contributed by atoms with van der Waals surface area (Å²) in [7, 11) is 0. The molecule has 2 aromatic heterocycles. The van der Waals surface area contributed by atoms with Gasteiger partial charge in [0.2, 0.25) is 0 Å². The number of azo groups is 1. The Balaban J connectivity index is 1.67. The van der Waals surface area contributed by atoms with Gasteiger partial charge < -0.3 is 27.5 Å². The van der Waals surface area contributed by atoms with Crippen molar-refractivity contribution in [2.75, 3.05) is 17.2 Å². The number of nitrogens with one attached hydrogen (secondary N) is 3. The van der Waals surface area contributed by atoms with Crippen molar-refractivity contribution in [2.24, 2.45) is 21.7 Å². The predicted molar refractivity (Wildman–Crippen MR) is 127 cm³/mol. The van der Waals surface area contributed by atoms with Crippen molar-refractivity contribution in [3.63, 3.8) is 0 Å². The van der Waals surface area contributed by atoms with Crippen LogP contribution in [0, 0.1) is 5.41 Å². The number of anilines is 3. The fourth-order valence-electron chi connectivity index (χ4n) is 3.74. The number of carbonyl (C=O) groups excluding carboxylic acids is 1. The van der Waals surface area contributed by atoms with Crippen molar-refractivity contribution in [1.82, 2.24) is 25.0 Å². The fraction of sp³-hybridized carbons (Fsp3) is 0.333. The van der Waals surface area contributed by atoms with Crippen LogP contribution in [0.25, 0.3) is 5.69 Å². The molecule has 13 heteroatoms. The van der Waals surface area contributed by atoms with Gasteiger partial charge in [0, 0.05) is 24.0 Å². The van der Waals surface area contributed by atoms with E-state index in [-0.39, 0.29) is 30.1 Å². The van der Waals surface area contributed by atoms with Gasteiger partial charge in [0.15, 0.2) is 11.5 Å². The standard InChI is InChI=1S/C21H26N12O/c22-5-6-26-32-14-9-13(10-15(11-14)33-27-7-8-28-33)29-21-19(20(24)34)25-12-18(31-21)30-17-4-2-1-3-16(17)23/h5,7-12,16-17,22H,1-4,6,23H2,(H2,24,34)(H2,29,30,31)/t16-,17+/m0/s1. The van der Waals surface area contributed by atoms with Crippen LogP contribution in [-0.4, -0.2) is 55.7 Å². The highest BCUT2D eigenvalue weighted by Gasteiger charge is 2.23. The number of carbonyl (C=O) groups is 1. The topological polar surface area (TPSA) is 198 Å². The Hall–Kier alpha value is -4.26. The van der Waals surface area contributed by atoms with Crippen LogP contribution in [0.1, 0.15) is 36.2 Å². The number of nitrogens with two attached hydrogens (primary N) is 2. The molecule has 1 aromatic carbocycles. The highest BCUT2D eigenvalue weighted by Crippen LogP contribution is 2.28. The van der Waals surface area contributed by atoms with Crippen LogP contribution < -0.4 is 22.1 Å². The number of aromatic nitrogens is 5. The molecule has 13 nitrogen and oxygen atoms in total. The Morgan fingerprint density at radius 1 is 1.24 bits per heavy atom. The van der Waals surface area contributed by atoms with E-state index in [4.69, 9.17) is 16.9 Å². The summed E-state index contributed by atoms with van der Waals surface area (Å²) in [5.74, 6) is -0.0350. The summed E-state index contributed by atoms with van der Waals surface area (Å²) in [4.78, 5) is 22.2. The number of primary amides is 1. The number of amides is 1. The molecule has 2 heterocycles. The van der Waals surface area contributed by atoms with Crippen molar-refractivity contribution in [3.05, 3.63) is 42.5 Å². The minimum Gasteiger partial charge on any atom is -0.364 e. The second-order valence-electron chi connectivity index (χ2n) is 7.83. The zero-order valence-electron chi connectivity index (χ0n) is 18.4. The number of nitrogens with zero attached hydrogens (tertiary/aromatic N) is 7. The van der Waals surface area contributed by atoms with Crippen molar-refractivity contribution < 1.29 is 4.79 Å². The third kappa shape index (κ3) is 5.56. The number of benzene rings is 1. The van der Waals surface area contributed by atoms with E-state index >= 15 is 0 Å². The van der Waals surface area contributed by atoms with E-state index in [1.54, 1.807) is 30.6 Å². The molecule has 2 atom stereocenters. The SMILES string of the molecule is N=CCN=Nc1cc(Nc2nc(N[C@@H]3CCCC[C@@H]3N)cnc2C(N)=O)cc(-n2nccn2)c1. The summed E-state index contributed by atoms with van der Waals surface area (Å²) < 4.78 is 0.